The van der Waals surface area contributed by atoms with Crippen molar-refractivity contribution in [1.29, 1.82) is 0 Å². The molecule has 8 nitrogen and oxygen atoms in total. The number of carbonyl (C=O) groups excluding carboxylic acids is 2. The lowest BCUT2D eigenvalue weighted by molar-refractivity contribution is -0.116. The number of hydrogen-bond donors (Lipinski definition) is 2. The van der Waals surface area contributed by atoms with Gasteiger partial charge in [-0.25, -0.2) is 13.4 Å². The number of hydrogen-bond acceptors (Lipinski definition) is 7. The zero-order chi connectivity index (χ0) is 21.7. The summed E-state index contributed by atoms with van der Waals surface area (Å²) in [5, 5.41) is 5.89. The summed E-state index contributed by atoms with van der Waals surface area (Å²) >= 11 is 1.21. The number of anilines is 1. The summed E-state index contributed by atoms with van der Waals surface area (Å²) in [6.07, 6.45) is 1.83. The highest BCUT2D eigenvalue weighted by Gasteiger charge is 2.12. The second-order valence-corrected chi connectivity index (χ2v) is 9.60. The molecule has 0 saturated carbocycles. The van der Waals surface area contributed by atoms with E-state index in [0.29, 0.717) is 39.6 Å². The van der Waals surface area contributed by atoms with Crippen LogP contribution >= 0.6 is 11.3 Å². The maximum Gasteiger partial charge on any atom is 0.251 e. The number of aromatic nitrogens is 1. The van der Waals surface area contributed by atoms with Crippen molar-refractivity contribution in [3.63, 3.8) is 0 Å². The predicted molar refractivity (Wildman–Crippen MR) is 116 cm³/mol. The molecule has 1 heterocycles. The van der Waals surface area contributed by atoms with Crippen molar-refractivity contribution in [3.05, 3.63) is 48.0 Å². The topological polar surface area (TPSA) is 114 Å². The van der Waals surface area contributed by atoms with E-state index >= 15 is 0 Å². The number of nitrogens with one attached hydrogen (secondary N) is 2. The number of thiazole rings is 1. The second kappa shape index (κ2) is 9.23. The normalized spacial score (nSPS) is 11.3. The van der Waals surface area contributed by atoms with Crippen molar-refractivity contribution < 1.29 is 22.7 Å². The minimum Gasteiger partial charge on any atom is -0.497 e. The van der Waals surface area contributed by atoms with E-state index in [1.165, 1.54) is 17.4 Å². The van der Waals surface area contributed by atoms with E-state index in [1.54, 1.807) is 43.5 Å². The van der Waals surface area contributed by atoms with Gasteiger partial charge < -0.3 is 15.4 Å². The Kier molecular flexibility index (Phi) is 6.68. The maximum absolute atomic E-state index is 12.1. The molecular weight excluding hydrogens is 426 g/mol. The molecule has 0 saturated heterocycles. The first-order valence-corrected chi connectivity index (χ1v) is 11.8. The number of fused-ring (bicyclic) bond motifs is 1. The van der Waals surface area contributed by atoms with Gasteiger partial charge in [0.25, 0.3) is 5.91 Å². The molecule has 2 amide bonds. The zero-order valence-corrected chi connectivity index (χ0v) is 18.1. The van der Waals surface area contributed by atoms with Gasteiger partial charge in [-0.3, -0.25) is 9.59 Å². The van der Waals surface area contributed by atoms with Crippen LogP contribution in [0, 0.1) is 0 Å². The molecule has 158 valence electrons. The number of benzene rings is 2. The van der Waals surface area contributed by atoms with Crippen LogP contribution in [0.4, 0.5) is 5.13 Å². The lowest BCUT2D eigenvalue weighted by Gasteiger charge is -2.06. The van der Waals surface area contributed by atoms with Crippen LogP contribution in [0.3, 0.4) is 0 Å². The predicted octanol–water partition coefficient (Wildman–Crippen LogP) is 2.86. The van der Waals surface area contributed by atoms with E-state index in [-0.39, 0.29) is 23.1 Å². The van der Waals surface area contributed by atoms with Crippen LogP contribution in [0.5, 0.6) is 5.75 Å². The van der Waals surface area contributed by atoms with Gasteiger partial charge >= 0.3 is 0 Å². The summed E-state index contributed by atoms with van der Waals surface area (Å²) in [5.74, 6) is 0.229. The maximum atomic E-state index is 12.1. The van der Waals surface area contributed by atoms with Gasteiger partial charge in [0.15, 0.2) is 15.0 Å². The second-order valence-electron chi connectivity index (χ2n) is 6.56. The molecule has 0 aliphatic heterocycles. The molecule has 0 radical (unpaired) electrons. The fourth-order valence-electron chi connectivity index (χ4n) is 2.67. The first-order chi connectivity index (χ1) is 14.3. The van der Waals surface area contributed by atoms with E-state index in [9.17, 15) is 18.0 Å². The van der Waals surface area contributed by atoms with Gasteiger partial charge in [-0.2, -0.15) is 0 Å². The van der Waals surface area contributed by atoms with E-state index in [1.807, 2.05) is 0 Å². The van der Waals surface area contributed by atoms with Crippen LogP contribution in [0.2, 0.25) is 0 Å². The lowest BCUT2D eigenvalue weighted by Crippen LogP contribution is -2.25. The average molecular weight is 448 g/mol. The van der Waals surface area contributed by atoms with Gasteiger partial charge in [-0.1, -0.05) is 11.3 Å². The Hall–Kier alpha value is -2.98. The molecule has 10 heteroatoms. The van der Waals surface area contributed by atoms with Crippen LogP contribution < -0.4 is 15.4 Å². The summed E-state index contributed by atoms with van der Waals surface area (Å²) in [6.45, 7) is 0.357. The quantitative estimate of drug-likeness (QED) is 0.513. The Balaban J connectivity index is 1.48. The summed E-state index contributed by atoms with van der Waals surface area (Å²) in [6, 6.07) is 11.4. The number of ether oxygens (including phenoxy) is 1. The zero-order valence-electron chi connectivity index (χ0n) is 16.5. The first kappa shape index (κ1) is 21.7. The van der Waals surface area contributed by atoms with Crippen LogP contribution in [0.1, 0.15) is 23.2 Å². The van der Waals surface area contributed by atoms with Gasteiger partial charge in [-0.05, 0) is 48.9 Å². The molecule has 0 unspecified atom stereocenters. The third-order valence-corrected chi connectivity index (χ3v) is 6.30. The fourth-order valence-corrected chi connectivity index (χ4v) is 4.31. The Morgan fingerprint density at radius 2 is 1.87 bits per heavy atom. The van der Waals surface area contributed by atoms with E-state index in [4.69, 9.17) is 4.74 Å². The molecule has 0 aliphatic carbocycles. The molecule has 3 aromatic rings. The fraction of sp³-hybridized carbons (Fsp3) is 0.250. The van der Waals surface area contributed by atoms with E-state index in [2.05, 4.69) is 15.6 Å². The van der Waals surface area contributed by atoms with Crippen LogP contribution in [-0.2, 0) is 14.6 Å². The molecule has 2 aromatic carbocycles. The van der Waals surface area contributed by atoms with Crippen LogP contribution in [-0.4, -0.2) is 45.1 Å². The molecule has 1 aromatic heterocycles. The smallest absolute Gasteiger partial charge is 0.251 e. The number of amides is 2. The molecule has 2 N–H and O–H groups in total. The Morgan fingerprint density at radius 1 is 1.13 bits per heavy atom. The van der Waals surface area contributed by atoms with E-state index in [0.717, 1.165) is 6.26 Å². The minimum atomic E-state index is -3.30. The summed E-state index contributed by atoms with van der Waals surface area (Å²) in [7, 11) is -1.75. The first-order valence-electron chi connectivity index (χ1n) is 9.09. The number of methoxy groups -OCH3 is 1. The Labute approximate surface area is 178 Å². The molecule has 0 aliphatic rings. The number of sulfone groups is 1. The summed E-state index contributed by atoms with van der Waals surface area (Å²) < 4.78 is 29.0. The van der Waals surface area contributed by atoms with Crippen molar-refractivity contribution in [3.8, 4) is 5.75 Å². The lowest BCUT2D eigenvalue weighted by atomic mass is 10.2. The average Bonchev–Trinajstić information content (AvgIpc) is 3.11. The van der Waals surface area contributed by atoms with Gasteiger partial charge in [0.2, 0.25) is 5.91 Å². The SMILES string of the molecule is COc1ccc(C(=O)NCCCC(=O)Nc2nc3ccc(S(C)(=O)=O)cc3s2)cc1. The molecule has 0 bridgehead atoms. The highest BCUT2D eigenvalue weighted by molar-refractivity contribution is 7.90. The van der Waals surface area contributed by atoms with E-state index < -0.39 is 9.84 Å². The van der Waals surface area contributed by atoms with Crippen LogP contribution in [0.25, 0.3) is 10.2 Å². The highest BCUT2D eigenvalue weighted by atomic mass is 32.2. The van der Waals surface area contributed by atoms with Gasteiger partial charge in [0.05, 0.1) is 22.2 Å². The Bertz CT molecular complexity index is 1170. The molecule has 0 fully saturated rings. The van der Waals surface area contributed by atoms with Crippen molar-refractivity contribution in [2.24, 2.45) is 0 Å². The number of carbonyl (C=O) groups is 2. The summed E-state index contributed by atoms with van der Waals surface area (Å²) in [5.41, 5.74) is 1.14. The minimum absolute atomic E-state index is 0.212. The largest absolute Gasteiger partial charge is 0.497 e. The Morgan fingerprint density at radius 3 is 2.53 bits per heavy atom. The van der Waals surface area contributed by atoms with Gasteiger partial charge in [0, 0.05) is 24.8 Å². The third-order valence-electron chi connectivity index (χ3n) is 4.25. The number of rotatable bonds is 8. The monoisotopic (exact) mass is 447 g/mol. The highest BCUT2D eigenvalue weighted by Crippen LogP contribution is 2.28. The molecule has 0 spiro atoms. The molecular formula is C20H21N3O5S2. The van der Waals surface area contributed by atoms with Crippen molar-refractivity contribution in [1.82, 2.24) is 10.3 Å². The number of nitrogens with zero attached hydrogens (tertiary/aromatic N) is 1. The standard InChI is InChI=1S/C20H21N3O5S2/c1-28-14-7-5-13(6-8-14)19(25)21-11-3-4-18(24)23-20-22-16-10-9-15(30(2,26)27)12-17(16)29-20/h5-10,12H,3-4,11H2,1-2H3,(H,21,25)(H,22,23,24). The van der Waals surface area contributed by atoms with Gasteiger partial charge in [-0.15, -0.1) is 0 Å². The van der Waals surface area contributed by atoms with Crippen LogP contribution in [0.15, 0.2) is 47.4 Å². The summed E-state index contributed by atoms with van der Waals surface area (Å²) in [4.78, 5) is 28.7. The van der Waals surface area contributed by atoms with Crippen molar-refractivity contribution in [2.75, 3.05) is 25.2 Å². The molecule has 0 atom stereocenters. The van der Waals surface area contributed by atoms with Crippen molar-refractivity contribution >= 4 is 48.3 Å². The molecule has 30 heavy (non-hydrogen) atoms. The van der Waals surface area contributed by atoms with Gasteiger partial charge in [0.1, 0.15) is 5.75 Å². The molecule has 3 rings (SSSR count). The van der Waals surface area contributed by atoms with Crippen molar-refractivity contribution in [2.45, 2.75) is 17.7 Å². The third kappa shape index (κ3) is 5.55.